The summed E-state index contributed by atoms with van der Waals surface area (Å²) in [4.78, 5) is 5.01. The average Bonchev–Trinajstić information content (AvgIpc) is 3.09. The van der Waals surface area contributed by atoms with Crippen molar-refractivity contribution in [2.45, 2.75) is 6.92 Å². The molecule has 124 valence electrons. The van der Waals surface area contributed by atoms with Gasteiger partial charge in [0.05, 0.1) is 16.7 Å². The Bertz CT molecular complexity index is 1230. The van der Waals surface area contributed by atoms with Crippen LogP contribution in [0.25, 0.3) is 38.9 Å². The first-order valence-corrected chi connectivity index (χ1v) is 8.84. The lowest BCUT2D eigenvalue weighted by Gasteiger charge is -2.13. The molecule has 5 aromatic rings. The molecule has 0 saturated carbocycles. The zero-order chi connectivity index (χ0) is 17.5. The van der Waals surface area contributed by atoms with E-state index in [2.05, 4.69) is 96.4 Å². The van der Waals surface area contributed by atoms with E-state index in [0.29, 0.717) is 0 Å². The van der Waals surface area contributed by atoms with Crippen molar-refractivity contribution in [1.82, 2.24) is 9.55 Å². The van der Waals surface area contributed by atoms with Crippen LogP contribution in [0.1, 0.15) is 5.56 Å². The first-order valence-electron chi connectivity index (χ1n) is 8.84. The van der Waals surface area contributed by atoms with Crippen molar-refractivity contribution < 1.29 is 0 Å². The van der Waals surface area contributed by atoms with Crippen LogP contribution in [-0.4, -0.2) is 9.55 Å². The summed E-state index contributed by atoms with van der Waals surface area (Å²) in [5.41, 5.74) is 5.71. The topological polar surface area (TPSA) is 17.8 Å². The van der Waals surface area contributed by atoms with E-state index in [0.717, 1.165) is 22.4 Å². The Labute approximate surface area is 152 Å². The fourth-order valence-corrected chi connectivity index (χ4v) is 3.67. The van der Waals surface area contributed by atoms with Crippen molar-refractivity contribution in [1.29, 1.82) is 0 Å². The Morgan fingerprint density at radius 3 is 2.27 bits per heavy atom. The Kier molecular flexibility index (Phi) is 3.36. The van der Waals surface area contributed by atoms with E-state index in [9.17, 15) is 0 Å². The van der Waals surface area contributed by atoms with Gasteiger partial charge in [0.15, 0.2) is 0 Å². The van der Waals surface area contributed by atoms with E-state index in [1.807, 2.05) is 6.07 Å². The number of para-hydroxylation sites is 1. The molecule has 0 unspecified atom stereocenters. The number of aryl methyl sites for hydroxylation is 1. The Balaban J connectivity index is 1.98. The van der Waals surface area contributed by atoms with Crippen LogP contribution < -0.4 is 0 Å². The average molecular weight is 334 g/mol. The van der Waals surface area contributed by atoms with E-state index in [4.69, 9.17) is 4.98 Å². The minimum atomic E-state index is 0.978. The summed E-state index contributed by atoms with van der Waals surface area (Å²) in [5.74, 6) is 0.978. The highest BCUT2D eigenvalue weighted by Gasteiger charge is 2.17. The van der Waals surface area contributed by atoms with Gasteiger partial charge in [0.1, 0.15) is 5.82 Å². The molecule has 1 heterocycles. The quantitative estimate of drug-likeness (QED) is 0.378. The van der Waals surface area contributed by atoms with E-state index in [-0.39, 0.29) is 0 Å². The second-order valence-electron chi connectivity index (χ2n) is 6.58. The molecule has 26 heavy (non-hydrogen) atoms. The summed E-state index contributed by atoms with van der Waals surface area (Å²) in [7, 11) is 0. The Hall–Kier alpha value is -3.39. The third-order valence-electron chi connectivity index (χ3n) is 4.93. The minimum absolute atomic E-state index is 0.978. The predicted molar refractivity (Wildman–Crippen MR) is 109 cm³/mol. The van der Waals surface area contributed by atoms with Crippen LogP contribution in [-0.2, 0) is 0 Å². The van der Waals surface area contributed by atoms with E-state index >= 15 is 0 Å². The van der Waals surface area contributed by atoms with Crippen LogP contribution in [0.2, 0.25) is 0 Å². The van der Waals surface area contributed by atoms with Gasteiger partial charge in [0, 0.05) is 10.9 Å². The highest BCUT2D eigenvalue weighted by atomic mass is 15.1. The fraction of sp³-hybridized carbons (Fsp3) is 0.0417. The summed E-state index contributed by atoms with van der Waals surface area (Å²) >= 11 is 0. The van der Waals surface area contributed by atoms with Crippen LogP contribution in [0.15, 0.2) is 91.0 Å². The third-order valence-corrected chi connectivity index (χ3v) is 4.93. The maximum absolute atomic E-state index is 5.01. The van der Waals surface area contributed by atoms with Gasteiger partial charge in [-0.3, -0.25) is 4.57 Å². The largest absolute Gasteiger partial charge is 0.291 e. The van der Waals surface area contributed by atoms with Gasteiger partial charge in [0.25, 0.3) is 0 Å². The molecule has 0 radical (unpaired) electrons. The number of nitrogens with zero attached hydrogens (tertiary/aromatic N) is 2. The maximum atomic E-state index is 5.01. The van der Waals surface area contributed by atoms with E-state index < -0.39 is 0 Å². The summed E-state index contributed by atoms with van der Waals surface area (Å²) < 4.78 is 2.31. The molecule has 0 saturated heterocycles. The summed E-state index contributed by atoms with van der Waals surface area (Å²) in [5, 5.41) is 2.46. The van der Waals surface area contributed by atoms with Crippen LogP contribution >= 0.6 is 0 Å². The Morgan fingerprint density at radius 2 is 1.42 bits per heavy atom. The summed E-state index contributed by atoms with van der Waals surface area (Å²) in [6, 6.07) is 31.7. The SMILES string of the molecule is Cc1ccccc1-n1c(-c2ccccc2)nc2ccc3ccccc3c21. The zero-order valence-corrected chi connectivity index (χ0v) is 14.6. The number of aromatic nitrogens is 2. The number of hydrogen-bond donors (Lipinski definition) is 0. The predicted octanol–water partition coefficient (Wildman–Crippen LogP) is 6.15. The molecule has 0 aliphatic heterocycles. The monoisotopic (exact) mass is 334 g/mol. The molecule has 0 amide bonds. The van der Waals surface area contributed by atoms with Gasteiger partial charge in [-0.15, -0.1) is 0 Å². The van der Waals surface area contributed by atoms with Gasteiger partial charge < -0.3 is 0 Å². The van der Waals surface area contributed by atoms with Gasteiger partial charge in [0.2, 0.25) is 0 Å². The second-order valence-corrected chi connectivity index (χ2v) is 6.58. The molecule has 0 N–H and O–H groups in total. The first-order chi connectivity index (χ1) is 12.8. The first kappa shape index (κ1) is 14.9. The molecule has 0 spiro atoms. The second kappa shape index (κ2) is 5.85. The van der Waals surface area contributed by atoms with Gasteiger partial charge in [-0.2, -0.15) is 0 Å². The van der Waals surface area contributed by atoms with Crippen molar-refractivity contribution >= 4 is 21.8 Å². The van der Waals surface area contributed by atoms with Gasteiger partial charge in [-0.25, -0.2) is 4.98 Å². The summed E-state index contributed by atoms with van der Waals surface area (Å²) in [6.45, 7) is 2.15. The van der Waals surface area contributed by atoms with Crippen LogP contribution in [0.4, 0.5) is 0 Å². The van der Waals surface area contributed by atoms with Gasteiger partial charge in [-0.05, 0) is 30.0 Å². The lowest BCUT2D eigenvalue weighted by atomic mass is 10.1. The molecule has 4 aromatic carbocycles. The Morgan fingerprint density at radius 1 is 0.692 bits per heavy atom. The lowest BCUT2D eigenvalue weighted by Crippen LogP contribution is -2.00. The van der Waals surface area contributed by atoms with Crippen LogP contribution in [0.3, 0.4) is 0 Å². The molecule has 5 rings (SSSR count). The maximum Gasteiger partial charge on any atom is 0.145 e. The van der Waals surface area contributed by atoms with Crippen molar-refractivity contribution in [2.75, 3.05) is 0 Å². The highest BCUT2D eigenvalue weighted by molar-refractivity contribution is 6.06. The standard InChI is InChI=1S/C24H18N2/c1-17-9-5-8-14-22(17)26-23-20-13-7-6-10-18(20)15-16-21(23)25-24(26)19-11-3-2-4-12-19/h2-16H,1H3. The molecule has 0 bridgehead atoms. The van der Waals surface area contributed by atoms with Crippen LogP contribution in [0, 0.1) is 6.92 Å². The van der Waals surface area contributed by atoms with Gasteiger partial charge >= 0.3 is 0 Å². The third kappa shape index (κ3) is 2.23. The fourth-order valence-electron chi connectivity index (χ4n) is 3.67. The minimum Gasteiger partial charge on any atom is -0.291 e. The number of imidazole rings is 1. The molecule has 0 fully saturated rings. The number of rotatable bonds is 2. The van der Waals surface area contributed by atoms with E-state index in [1.165, 1.54) is 22.0 Å². The molecule has 2 heteroatoms. The molecular formula is C24H18N2. The van der Waals surface area contributed by atoms with Crippen molar-refractivity contribution in [3.63, 3.8) is 0 Å². The van der Waals surface area contributed by atoms with Crippen LogP contribution in [0.5, 0.6) is 0 Å². The lowest BCUT2D eigenvalue weighted by molar-refractivity contribution is 1.09. The molecular weight excluding hydrogens is 316 g/mol. The molecule has 2 nitrogen and oxygen atoms in total. The number of hydrogen-bond acceptors (Lipinski definition) is 1. The molecule has 0 atom stereocenters. The highest BCUT2D eigenvalue weighted by Crippen LogP contribution is 2.34. The number of benzene rings is 4. The molecule has 0 aliphatic rings. The van der Waals surface area contributed by atoms with Crippen molar-refractivity contribution in [3.8, 4) is 17.1 Å². The van der Waals surface area contributed by atoms with Crippen molar-refractivity contribution in [2.24, 2.45) is 0 Å². The molecule has 0 aliphatic carbocycles. The smallest absolute Gasteiger partial charge is 0.145 e. The van der Waals surface area contributed by atoms with Gasteiger partial charge in [-0.1, -0.05) is 78.9 Å². The van der Waals surface area contributed by atoms with Crippen molar-refractivity contribution in [3.05, 3.63) is 96.6 Å². The van der Waals surface area contributed by atoms with E-state index in [1.54, 1.807) is 0 Å². The summed E-state index contributed by atoms with van der Waals surface area (Å²) in [6.07, 6.45) is 0. The molecule has 1 aromatic heterocycles. The number of fused-ring (bicyclic) bond motifs is 3. The normalized spacial score (nSPS) is 11.3. The zero-order valence-electron chi connectivity index (χ0n) is 14.6.